The largest absolute Gasteiger partial charge is 0.497 e. The molecule has 24 heavy (non-hydrogen) atoms. The van der Waals surface area contributed by atoms with Crippen molar-refractivity contribution < 1.29 is 18.7 Å². The van der Waals surface area contributed by atoms with Gasteiger partial charge in [-0.05, 0) is 36.8 Å². The van der Waals surface area contributed by atoms with E-state index < -0.39 is 0 Å². The van der Waals surface area contributed by atoms with Crippen molar-refractivity contribution in [1.82, 2.24) is 4.90 Å². The maximum atomic E-state index is 12.4. The maximum absolute atomic E-state index is 12.4. The minimum absolute atomic E-state index is 0.177. The van der Waals surface area contributed by atoms with E-state index in [0.29, 0.717) is 12.8 Å². The molecule has 0 unspecified atom stereocenters. The van der Waals surface area contributed by atoms with Gasteiger partial charge in [0.15, 0.2) is 0 Å². The van der Waals surface area contributed by atoms with Crippen LogP contribution in [0.5, 0.6) is 11.5 Å². The Labute approximate surface area is 142 Å². The van der Waals surface area contributed by atoms with Crippen LogP contribution in [0.1, 0.15) is 30.1 Å². The first-order chi connectivity index (χ1) is 11.7. The van der Waals surface area contributed by atoms with Crippen LogP contribution in [0.15, 0.2) is 41.0 Å². The lowest BCUT2D eigenvalue weighted by atomic mass is 9.97. The molecule has 128 valence electrons. The SMILES string of the molecule is COc1ccc(OC)c([C@H]2CCN(C(=O)CCc3ccco3)C2)c1. The molecule has 1 atom stereocenters. The first kappa shape index (κ1) is 16.4. The van der Waals surface area contributed by atoms with E-state index in [2.05, 4.69) is 0 Å². The number of benzene rings is 1. The molecule has 2 heterocycles. The Bertz CT molecular complexity index is 681. The molecule has 1 aliphatic rings. The molecule has 0 spiro atoms. The van der Waals surface area contributed by atoms with Gasteiger partial charge in [-0.25, -0.2) is 0 Å². The van der Waals surface area contributed by atoms with Gasteiger partial charge in [0.2, 0.25) is 5.91 Å². The number of ether oxygens (including phenoxy) is 2. The van der Waals surface area contributed by atoms with E-state index in [9.17, 15) is 4.79 Å². The van der Waals surface area contributed by atoms with Crippen LogP contribution in [0.2, 0.25) is 0 Å². The zero-order valence-corrected chi connectivity index (χ0v) is 14.2. The highest BCUT2D eigenvalue weighted by molar-refractivity contribution is 5.76. The Kier molecular flexibility index (Phi) is 5.08. The van der Waals surface area contributed by atoms with Crippen LogP contribution >= 0.6 is 0 Å². The van der Waals surface area contributed by atoms with Crippen LogP contribution < -0.4 is 9.47 Å². The lowest BCUT2D eigenvalue weighted by Crippen LogP contribution is -2.28. The number of hydrogen-bond acceptors (Lipinski definition) is 4. The van der Waals surface area contributed by atoms with E-state index in [1.54, 1.807) is 20.5 Å². The Morgan fingerprint density at radius 3 is 2.88 bits per heavy atom. The van der Waals surface area contributed by atoms with E-state index in [1.165, 1.54) is 0 Å². The summed E-state index contributed by atoms with van der Waals surface area (Å²) in [6.45, 7) is 1.50. The zero-order valence-electron chi connectivity index (χ0n) is 14.2. The van der Waals surface area contributed by atoms with Crippen molar-refractivity contribution in [3.8, 4) is 11.5 Å². The van der Waals surface area contributed by atoms with Gasteiger partial charge in [-0.15, -0.1) is 0 Å². The highest BCUT2D eigenvalue weighted by Gasteiger charge is 2.29. The van der Waals surface area contributed by atoms with E-state index >= 15 is 0 Å². The number of rotatable bonds is 6. The lowest BCUT2D eigenvalue weighted by Gasteiger charge is -2.18. The average molecular weight is 329 g/mol. The summed E-state index contributed by atoms with van der Waals surface area (Å²) in [4.78, 5) is 14.4. The van der Waals surface area contributed by atoms with Crippen LogP contribution in [0.3, 0.4) is 0 Å². The van der Waals surface area contributed by atoms with Crippen LogP contribution in [-0.4, -0.2) is 38.1 Å². The van der Waals surface area contributed by atoms with Crippen molar-refractivity contribution in [1.29, 1.82) is 0 Å². The monoisotopic (exact) mass is 329 g/mol. The van der Waals surface area contributed by atoms with E-state index in [4.69, 9.17) is 13.9 Å². The van der Waals surface area contributed by atoms with Crippen molar-refractivity contribution in [2.75, 3.05) is 27.3 Å². The topological polar surface area (TPSA) is 51.9 Å². The van der Waals surface area contributed by atoms with Crippen LogP contribution in [0.4, 0.5) is 0 Å². The number of carbonyl (C=O) groups excluding carboxylic acids is 1. The summed E-state index contributed by atoms with van der Waals surface area (Å²) in [5.41, 5.74) is 1.11. The number of methoxy groups -OCH3 is 2. The molecule has 0 saturated carbocycles. The highest BCUT2D eigenvalue weighted by Crippen LogP contribution is 2.36. The van der Waals surface area contributed by atoms with Gasteiger partial charge in [0, 0.05) is 37.4 Å². The molecule has 0 radical (unpaired) electrons. The van der Waals surface area contributed by atoms with Crippen molar-refractivity contribution in [2.24, 2.45) is 0 Å². The molecule has 3 rings (SSSR count). The van der Waals surface area contributed by atoms with Crippen LogP contribution in [-0.2, 0) is 11.2 Å². The molecule has 5 heteroatoms. The summed E-state index contributed by atoms with van der Waals surface area (Å²) in [6, 6.07) is 9.58. The Morgan fingerprint density at radius 1 is 1.29 bits per heavy atom. The average Bonchev–Trinajstić information content (AvgIpc) is 3.30. The predicted molar refractivity (Wildman–Crippen MR) is 90.5 cm³/mol. The number of furan rings is 1. The normalized spacial score (nSPS) is 17.1. The number of nitrogens with zero attached hydrogens (tertiary/aromatic N) is 1. The molecule has 1 saturated heterocycles. The van der Waals surface area contributed by atoms with Gasteiger partial charge in [0.1, 0.15) is 17.3 Å². The quantitative estimate of drug-likeness (QED) is 0.816. The van der Waals surface area contributed by atoms with Gasteiger partial charge in [-0.2, -0.15) is 0 Å². The zero-order chi connectivity index (χ0) is 16.9. The fraction of sp³-hybridized carbons (Fsp3) is 0.421. The molecule has 1 aliphatic heterocycles. The van der Waals surface area contributed by atoms with Gasteiger partial charge in [0.25, 0.3) is 0 Å². The third-order valence-corrected chi connectivity index (χ3v) is 4.58. The van der Waals surface area contributed by atoms with Crippen LogP contribution in [0, 0.1) is 0 Å². The van der Waals surface area contributed by atoms with Crippen molar-refractivity contribution in [3.05, 3.63) is 47.9 Å². The third kappa shape index (κ3) is 3.55. The number of aryl methyl sites for hydroxylation is 1. The van der Waals surface area contributed by atoms with Crippen molar-refractivity contribution >= 4 is 5.91 Å². The van der Waals surface area contributed by atoms with E-state index in [1.807, 2.05) is 35.2 Å². The molecular formula is C19H23NO4. The molecule has 0 N–H and O–H groups in total. The second-order valence-electron chi connectivity index (χ2n) is 6.01. The minimum atomic E-state index is 0.177. The molecule has 1 aromatic heterocycles. The summed E-state index contributed by atoms with van der Waals surface area (Å²) in [5.74, 6) is 2.98. The standard InChI is InChI=1S/C19H23NO4/c1-22-16-5-7-18(23-2)17(12-16)14-9-10-20(13-14)19(21)8-6-15-4-3-11-24-15/h3-5,7,11-12,14H,6,8-10,13H2,1-2H3/t14-/m0/s1. The molecular weight excluding hydrogens is 306 g/mol. The second-order valence-corrected chi connectivity index (χ2v) is 6.01. The Morgan fingerprint density at radius 2 is 2.17 bits per heavy atom. The molecule has 0 bridgehead atoms. The molecule has 2 aromatic rings. The van der Waals surface area contributed by atoms with Crippen molar-refractivity contribution in [2.45, 2.75) is 25.2 Å². The van der Waals surface area contributed by atoms with Gasteiger partial charge in [-0.1, -0.05) is 0 Å². The van der Waals surface area contributed by atoms with Gasteiger partial charge < -0.3 is 18.8 Å². The fourth-order valence-electron chi connectivity index (χ4n) is 3.24. The molecule has 5 nitrogen and oxygen atoms in total. The summed E-state index contributed by atoms with van der Waals surface area (Å²) in [5, 5.41) is 0. The number of likely N-dealkylation sites (tertiary alicyclic amines) is 1. The summed E-state index contributed by atoms with van der Waals surface area (Å²) >= 11 is 0. The first-order valence-electron chi connectivity index (χ1n) is 8.23. The van der Waals surface area contributed by atoms with E-state index in [-0.39, 0.29) is 11.8 Å². The first-order valence-corrected chi connectivity index (χ1v) is 8.23. The summed E-state index contributed by atoms with van der Waals surface area (Å²) in [7, 11) is 3.33. The minimum Gasteiger partial charge on any atom is -0.497 e. The second kappa shape index (κ2) is 7.43. The Balaban J connectivity index is 1.63. The molecule has 1 amide bonds. The predicted octanol–water partition coefficient (Wildman–Crippen LogP) is 3.25. The van der Waals surface area contributed by atoms with Crippen molar-refractivity contribution in [3.63, 3.8) is 0 Å². The Hall–Kier alpha value is -2.43. The van der Waals surface area contributed by atoms with Gasteiger partial charge >= 0.3 is 0 Å². The lowest BCUT2D eigenvalue weighted by molar-refractivity contribution is -0.130. The van der Waals surface area contributed by atoms with Gasteiger partial charge in [-0.3, -0.25) is 4.79 Å². The molecule has 0 aliphatic carbocycles. The molecule has 1 aromatic carbocycles. The summed E-state index contributed by atoms with van der Waals surface area (Å²) < 4.78 is 16.1. The number of hydrogen-bond donors (Lipinski definition) is 0. The van der Waals surface area contributed by atoms with E-state index in [0.717, 1.165) is 42.3 Å². The molecule has 1 fully saturated rings. The van der Waals surface area contributed by atoms with Crippen LogP contribution in [0.25, 0.3) is 0 Å². The number of amides is 1. The number of carbonyl (C=O) groups is 1. The maximum Gasteiger partial charge on any atom is 0.223 e. The highest BCUT2D eigenvalue weighted by atomic mass is 16.5. The smallest absolute Gasteiger partial charge is 0.223 e. The van der Waals surface area contributed by atoms with Gasteiger partial charge in [0.05, 0.1) is 20.5 Å². The third-order valence-electron chi connectivity index (χ3n) is 4.58. The fourth-order valence-corrected chi connectivity index (χ4v) is 3.24. The summed E-state index contributed by atoms with van der Waals surface area (Å²) in [6.07, 6.45) is 3.71.